The Balaban J connectivity index is 2.71. The zero-order valence-corrected chi connectivity index (χ0v) is 14.4. The lowest BCUT2D eigenvalue weighted by molar-refractivity contribution is 0.0247. The van der Waals surface area contributed by atoms with Gasteiger partial charge in [-0.3, -0.25) is 0 Å². The fourth-order valence-corrected chi connectivity index (χ4v) is 2.87. The van der Waals surface area contributed by atoms with Gasteiger partial charge < -0.3 is 9.64 Å². The molecule has 0 radical (unpaired) electrons. The minimum Gasteiger partial charge on any atom is -0.444 e. The molecule has 1 aliphatic rings. The summed E-state index contributed by atoms with van der Waals surface area (Å²) in [6.07, 6.45) is 2.05. The van der Waals surface area contributed by atoms with Crippen LogP contribution in [0.5, 0.6) is 0 Å². The first-order chi connectivity index (χ1) is 9.51. The fraction of sp³-hybridized carbons (Fsp3) is 0.923. The largest absolute Gasteiger partial charge is 0.444 e. The summed E-state index contributed by atoms with van der Waals surface area (Å²) in [5.41, 5.74) is -0.554. The number of amides is 1. The van der Waals surface area contributed by atoms with Gasteiger partial charge in [0.2, 0.25) is 0 Å². The molecule has 0 aliphatic carbocycles. The van der Waals surface area contributed by atoms with E-state index in [4.69, 9.17) is 4.74 Å². The van der Waals surface area contributed by atoms with Gasteiger partial charge in [-0.25, -0.2) is 4.79 Å². The molecule has 1 amide bonds. The van der Waals surface area contributed by atoms with Crippen molar-refractivity contribution in [2.45, 2.75) is 51.7 Å². The molecule has 1 fully saturated rings. The minimum absolute atomic E-state index is 0.285. The van der Waals surface area contributed by atoms with Crippen molar-refractivity contribution in [3.05, 3.63) is 0 Å². The number of ether oxygens (including phenoxy) is 1. The summed E-state index contributed by atoms with van der Waals surface area (Å²) in [6.45, 7) is 6.37. The van der Waals surface area contributed by atoms with E-state index < -0.39 is 21.9 Å². The molecule has 1 saturated heterocycles. The van der Waals surface area contributed by atoms with E-state index in [1.807, 2.05) is 20.8 Å². The van der Waals surface area contributed by atoms with Crippen LogP contribution in [0, 0.1) is 0 Å². The maximum Gasteiger partial charge on any atom is 0.410 e. The van der Waals surface area contributed by atoms with E-state index in [-0.39, 0.29) is 6.04 Å². The quantitative estimate of drug-likeness (QED) is 0.846. The maximum absolute atomic E-state index is 12.1. The highest BCUT2D eigenvalue weighted by Gasteiger charge is 2.28. The third-order valence-corrected chi connectivity index (χ3v) is 4.71. The van der Waals surface area contributed by atoms with Crippen molar-refractivity contribution in [1.82, 2.24) is 13.9 Å². The summed E-state index contributed by atoms with van der Waals surface area (Å²) in [7, 11) is -0.540. The highest BCUT2D eigenvalue weighted by Crippen LogP contribution is 2.16. The Morgan fingerprint density at radius 3 is 2.43 bits per heavy atom. The molecule has 1 N–H and O–H groups in total. The van der Waals surface area contributed by atoms with Crippen molar-refractivity contribution in [2.75, 3.05) is 27.2 Å². The first-order valence-corrected chi connectivity index (χ1v) is 8.63. The van der Waals surface area contributed by atoms with Crippen molar-refractivity contribution >= 4 is 16.3 Å². The van der Waals surface area contributed by atoms with E-state index in [9.17, 15) is 13.2 Å². The molecule has 0 aromatic carbocycles. The number of rotatable bonds is 3. The number of hydrogen-bond donors (Lipinski definition) is 1. The molecule has 0 bridgehead atoms. The van der Waals surface area contributed by atoms with E-state index in [0.717, 1.165) is 17.1 Å². The van der Waals surface area contributed by atoms with E-state index in [1.165, 1.54) is 14.1 Å². The lowest BCUT2D eigenvalue weighted by Gasteiger charge is -2.29. The predicted molar refractivity (Wildman–Crippen MR) is 81.2 cm³/mol. The predicted octanol–water partition coefficient (Wildman–Crippen LogP) is 1.17. The van der Waals surface area contributed by atoms with E-state index in [0.29, 0.717) is 19.5 Å². The monoisotopic (exact) mass is 321 g/mol. The second-order valence-corrected chi connectivity index (χ2v) is 8.44. The van der Waals surface area contributed by atoms with E-state index in [2.05, 4.69) is 4.72 Å². The van der Waals surface area contributed by atoms with Crippen molar-refractivity contribution < 1.29 is 17.9 Å². The van der Waals surface area contributed by atoms with Crippen LogP contribution in [-0.4, -0.2) is 62.5 Å². The van der Waals surface area contributed by atoms with Crippen LogP contribution in [0.2, 0.25) is 0 Å². The third kappa shape index (κ3) is 6.19. The fourth-order valence-electron chi connectivity index (χ4n) is 2.05. The molecular weight excluding hydrogens is 294 g/mol. The number of carbonyl (C=O) groups excluding carboxylic acids is 1. The minimum atomic E-state index is -3.49. The standard InChI is InChI=1S/C13H27N3O4S/c1-13(2,3)20-12(17)16-9-7-6-8-11(10-16)14-21(18,19)15(4)5/h11,14H,6-10H2,1-5H3. The molecule has 124 valence electrons. The van der Waals surface area contributed by atoms with E-state index >= 15 is 0 Å². The molecule has 0 aromatic heterocycles. The molecule has 1 atom stereocenters. The molecule has 8 heteroatoms. The van der Waals surface area contributed by atoms with Gasteiger partial charge in [-0.2, -0.15) is 17.4 Å². The maximum atomic E-state index is 12.1. The summed E-state index contributed by atoms with van der Waals surface area (Å²) in [5.74, 6) is 0. The SMILES string of the molecule is CN(C)S(=O)(=O)NC1CCCCN(C(=O)OC(C)(C)C)C1. The molecule has 1 heterocycles. The van der Waals surface area contributed by atoms with Crippen LogP contribution in [0.25, 0.3) is 0 Å². The van der Waals surface area contributed by atoms with Crippen molar-refractivity contribution in [1.29, 1.82) is 0 Å². The lowest BCUT2D eigenvalue weighted by atomic mass is 10.2. The average Bonchev–Trinajstić information content (AvgIpc) is 2.51. The summed E-state index contributed by atoms with van der Waals surface area (Å²) in [4.78, 5) is 13.7. The Labute approximate surface area is 127 Å². The number of nitrogens with zero attached hydrogens (tertiary/aromatic N) is 2. The topological polar surface area (TPSA) is 79.0 Å². The van der Waals surface area contributed by atoms with Crippen LogP contribution in [0.3, 0.4) is 0 Å². The van der Waals surface area contributed by atoms with Gasteiger partial charge in [0, 0.05) is 33.2 Å². The average molecular weight is 321 g/mol. The normalized spacial score (nSPS) is 21.2. The van der Waals surface area contributed by atoms with Gasteiger partial charge in [0.1, 0.15) is 5.60 Å². The molecule has 1 unspecified atom stereocenters. The highest BCUT2D eigenvalue weighted by molar-refractivity contribution is 7.87. The van der Waals surface area contributed by atoms with Gasteiger partial charge >= 0.3 is 6.09 Å². The first-order valence-electron chi connectivity index (χ1n) is 7.19. The van der Waals surface area contributed by atoms with Gasteiger partial charge in [-0.05, 0) is 33.6 Å². The molecular formula is C13H27N3O4S. The smallest absolute Gasteiger partial charge is 0.410 e. The molecule has 21 heavy (non-hydrogen) atoms. The summed E-state index contributed by atoms with van der Waals surface area (Å²) in [5, 5.41) is 0. The second kappa shape index (κ2) is 6.93. The van der Waals surface area contributed by atoms with Gasteiger partial charge in [0.15, 0.2) is 0 Å². The Bertz CT molecular complexity index is 457. The van der Waals surface area contributed by atoms with Crippen LogP contribution < -0.4 is 4.72 Å². The number of nitrogens with one attached hydrogen (secondary N) is 1. The van der Waals surface area contributed by atoms with Crippen LogP contribution in [0.4, 0.5) is 4.79 Å². The number of likely N-dealkylation sites (tertiary alicyclic amines) is 1. The molecule has 0 spiro atoms. The van der Waals surface area contributed by atoms with Crippen molar-refractivity contribution in [2.24, 2.45) is 0 Å². The van der Waals surface area contributed by atoms with E-state index in [1.54, 1.807) is 4.90 Å². The van der Waals surface area contributed by atoms with Gasteiger partial charge in [0.25, 0.3) is 10.2 Å². The molecule has 7 nitrogen and oxygen atoms in total. The van der Waals surface area contributed by atoms with Crippen molar-refractivity contribution in [3.63, 3.8) is 0 Å². The van der Waals surface area contributed by atoms with Crippen molar-refractivity contribution in [3.8, 4) is 0 Å². The van der Waals surface area contributed by atoms with Crippen LogP contribution in [0.15, 0.2) is 0 Å². The Kier molecular flexibility index (Phi) is 6.01. The zero-order valence-electron chi connectivity index (χ0n) is 13.5. The van der Waals surface area contributed by atoms with Crippen LogP contribution >= 0.6 is 0 Å². The molecule has 0 aromatic rings. The third-order valence-electron chi connectivity index (χ3n) is 3.12. The highest BCUT2D eigenvalue weighted by atomic mass is 32.2. The Hall–Kier alpha value is -0.860. The second-order valence-electron chi connectivity index (χ2n) is 6.52. The summed E-state index contributed by atoms with van der Waals surface area (Å²) >= 11 is 0. The summed E-state index contributed by atoms with van der Waals surface area (Å²) in [6, 6.07) is -0.285. The molecule has 1 aliphatic heterocycles. The Morgan fingerprint density at radius 2 is 1.90 bits per heavy atom. The molecule has 0 saturated carbocycles. The van der Waals surface area contributed by atoms with Gasteiger partial charge in [-0.1, -0.05) is 6.42 Å². The van der Waals surface area contributed by atoms with Gasteiger partial charge in [-0.15, -0.1) is 0 Å². The number of carbonyl (C=O) groups is 1. The molecule has 1 rings (SSSR count). The lowest BCUT2D eigenvalue weighted by Crippen LogP contribution is -2.48. The van der Waals surface area contributed by atoms with Crippen LogP contribution in [0.1, 0.15) is 40.0 Å². The number of hydrogen-bond acceptors (Lipinski definition) is 4. The van der Waals surface area contributed by atoms with Gasteiger partial charge in [0.05, 0.1) is 0 Å². The first kappa shape index (κ1) is 18.2. The van der Waals surface area contributed by atoms with Crippen LogP contribution in [-0.2, 0) is 14.9 Å². The zero-order chi connectivity index (χ0) is 16.3. The summed E-state index contributed by atoms with van der Waals surface area (Å²) < 4.78 is 32.9. The Morgan fingerprint density at radius 1 is 1.29 bits per heavy atom.